The molecule has 0 spiro atoms. The van der Waals surface area contributed by atoms with Gasteiger partial charge >= 0.3 is 0 Å². The van der Waals surface area contributed by atoms with Crippen molar-refractivity contribution < 1.29 is 18.2 Å². The van der Waals surface area contributed by atoms with Gasteiger partial charge < -0.3 is 9.15 Å². The monoisotopic (exact) mass is 302 g/mol. The SMILES string of the molecule is Cc1ccc(S(=O)c2ccoc2[C@H]2CC(=O)C=CO2)cc1. The zero-order valence-electron chi connectivity index (χ0n) is 11.4. The summed E-state index contributed by atoms with van der Waals surface area (Å²) < 4.78 is 23.5. The summed E-state index contributed by atoms with van der Waals surface area (Å²) in [7, 11) is -1.36. The summed E-state index contributed by atoms with van der Waals surface area (Å²) >= 11 is 0. The number of ether oxygens (including phenoxy) is 1. The van der Waals surface area contributed by atoms with E-state index in [1.54, 1.807) is 6.07 Å². The van der Waals surface area contributed by atoms with Crippen LogP contribution < -0.4 is 0 Å². The van der Waals surface area contributed by atoms with Gasteiger partial charge in [-0.15, -0.1) is 0 Å². The van der Waals surface area contributed by atoms with Crippen LogP contribution in [0.5, 0.6) is 0 Å². The van der Waals surface area contributed by atoms with Gasteiger partial charge in [-0.05, 0) is 25.1 Å². The molecule has 1 aromatic carbocycles. The minimum atomic E-state index is -1.36. The molecule has 0 radical (unpaired) electrons. The maximum atomic E-state index is 12.7. The second kappa shape index (κ2) is 5.69. The van der Waals surface area contributed by atoms with Crippen molar-refractivity contribution in [3.63, 3.8) is 0 Å². The van der Waals surface area contributed by atoms with Crippen LogP contribution in [-0.4, -0.2) is 9.99 Å². The highest BCUT2D eigenvalue weighted by molar-refractivity contribution is 7.85. The number of carbonyl (C=O) groups is 1. The summed E-state index contributed by atoms with van der Waals surface area (Å²) in [6, 6.07) is 9.15. The number of allylic oxidation sites excluding steroid dienone is 1. The Morgan fingerprint density at radius 1 is 1.19 bits per heavy atom. The molecule has 0 fully saturated rings. The van der Waals surface area contributed by atoms with E-state index < -0.39 is 16.9 Å². The Morgan fingerprint density at radius 3 is 2.67 bits per heavy atom. The number of ketones is 1. The first-order valence-electron chi connectivity index (χ1n) is 6.56. The van der Waals surface area contributed by atoms with Crippen molar-refractivity contribution in [3.05, 3.63) is 60.3 Å². The zero-order chi connectivity index (χ0) is 14.8. The minimum absolute atomic E-state index is 0.0327. The first kappa shape index (κ1) is 13.8. The predicted molar refractivity (Wildman–Crippen MR) is 77.2 cm³/mol. The van der Waals surface area contributed by atoms with Crippen molar-refractivity contribution in [2.24, 2.45) is 0 Å². The van der Waals surface area contributed by atoms with Gasteiger partial charge in [0.15, 0.2) is 17.6 Å². The van der Waals surface area contributed by atoms with Crippen LogP contribution in [0.3, 0.4) is 0 Å². The minimum Gasteiger partial charge on any atom is -0.489 e. The van der Waals surface area contributed by atoms with Crippen LogP contribution in [0.1, 0.15) is 23.8 Å². The van der Waals surface area contributed by atoms with Gasteiger partial charge in [0.05, 0.1) is 34.6 Å². The third-order valence-electron chi connectivity index (χ3n) is 3.27. The van der Waals surface area contributed by atoms with Gasteiger partial charge in [0.1, 0.15) is 0 Å². The van der Waals surface area contributed by atoms with Crippen molar-refractivity contribution >= 4 is 16.6 Å². The highest BCUT2D eigenvalue weighted by Crippen LogP contribution is 2.32. The Balaban J connectivity index is 1.91. The molecule has 0 bridgehead atoms. The Morgan fingerprint density at radius 2 is 1.95 bits per heavy atom. The van der Waals surface area contributed by atoms with Gasteiger partial charge in [0.2, 0.25) is 0 Å². The molecule has 5 heteroatoms. The molecule has 1 aliphatic heterocycles. The van der Waals surface area contributed by atoms with E-state index in [9.17, 15) is 9.00 Å². The molecule has 0 amide bonds. The van der Waals surface area contributed by atoms with Crippen LogP contribution in [0, 0.1) is 6.92 Å². The first-order chi connectivity index (χ1) is 10.1. The summed E-state index contributed by atoms with van der Waals surface area (Å²) in [5, 5.41) is 0. The molecular formula is C16H14O4S. The molecule has 2 aromatic rings. The van der Waals surface area contributed by atoms with E-state index in [1.807, 2.05) is 31.2 Å². The number of aryl methyl sites for hydroxylation is 1. The van der Waals surface area contributed by atoms with E-state index in [2.05, 4.69) is 0 Å². The summed E-state index contributed by atoms with van der Waals surface area (Å²) in [6.07, 6.45) is 3.90. The normalized spacial score (nSPS) is 19.3. The molecule has 3 rings (SSSR count). The van der Waals surface area contributed by atoms with Crippen LogP contribution >= 0.6 is 0 Å². The van der Waals surface area contributed by atoms with E-state index in [1.165, 1.54) is 18.6 Å². The van der Waals surface area contributed by atoms with E-state index in [4.69, 9.17) is 9.15 Å². The van der Waals surface area contributed by atoms with Crippen LogP contribution in [-0.2, 0) is 20.3 Å². The lowest BCUT2D eigenvalue weighted by Gasteiger charge is -2.17. The highest BCUT2D eigenvalue weighted by atomic mass is 32.2. The average Bonchev–Trinajstić information content (AvgIpc) is 2.97. The van der Waals surface area contributed by atoms with Crippen molar-refractivity contribution in [1.82, 2.24) is 0 Å². The highest BCUT2D eigenvalue weighted by Gasteiger charge is 2.27. The van der Waals surface area contributed by atoms with Gasteiger partial charge in [-0.2, -0.15) is 0 Å². The zero-order valence-corrected chi connectivity index (χ0v) is 12.3. The maximum absolute atomic E-state index is 12.7. The molecule has 1 aromatic heterocycles. The molecule has 0 saturated heterocycles. The average molecular weight is 302 g/mol. The number of carbonyl (C=O) groups excluding carboxylic acids is 1. The van der Waals surface area contributed by atoms with E-state index in [0.717, 1.165) is 5.56 Å². The van der Waals surface area contributed by atoms with E-state index in [-0.39, 0.29) is 12.2 Å². The third kappa shape index (κ3) is 2.83. The first-order valence-corrected chi connectivity index (χ1v) is 7.71. The fraction of sp³-hybridized carbons (Fsp3) is 0.188. The number of furan rings is 1. The van der Waals surface area contributed by atoms with Crippen molar-refractivity contribution in [1.29, 1.82) is 0 Å². The molecule has 108 valence electrons. The fourth-order valence-electron chi connectivity index (χ4n) is 2.15. The third-order valence-corrected chi connectivity index (χ3v) is 4.70. The van der Waals surface area contributed by atoms with Crippen LogP contribution in [0.2, 0.25) is 0 Å². The second-order valence-corrected chi connectivity index (χ2v) is 6.28. The number of hydrogen-bond donors (Lipinski definition) is 0. The molecular weight excluding hydrogens is 288 g/mol. The molecule has 0 saturated carbocycles. The summed E-state index contributed by atoms with van der Waals surface area (Å²) in [6.45, 7) is 1.98. The van der Waals surface area contributed by atoms with Gasteiger partial charge in [0.25, 0.3) is 0 Å². The van der Waals surface area contributed by atoms with Gasteiger partial charge in [0, 0.05) is 11.0 Å². The predicted octanol–water partition coefficient (Wildman–Crippen LogP) is 3.30. The maximum Gasteiger partial charge on any atom is 0.164 e. The number of benzene rings is 1. The largest absolute Gasteiger partial charge is 0.489 e. The van der Waals surface area contributed by atoms with Crippen LogP contribution in [0.25, 0.3) is 0 Å². The lowest BCUT2D eigenvalue weighted by Crippen LogP contribution is -2.12. The molecule has 2 atom stereocenters. The summed E-state index contributed by atoms with van der Waals surface area (Å²) in [5.41, 5.74) is 1.11. The van der Waals surface area contributed by atoms with Gasteiger partial charge in [-0.3, -0.25) is 4.79 Å². The van der Waals surface area contributed by atoms with Crippen molar-refractivity contribution in [3.8, 4) is 0 Å². The van der Waals surface area contributed by atoms with Crippen molar-refractivity contribution in [2.75, 3.05) is 0 Å². The van der Waals surface area contributed by atoms with Crippen LogP contribution in [0.4, 0.5) is 0 Å². The smallest absolute Gasteiger partial charge is 0.164 e. The topological polar surface area (TPSA) is 56.5 Å². The Hall–Kier alpha value is -2.14. The summed E-state index contributed by atoms with van der Waals surface area (Å²) in [5.74, 6) is 0.418. The lowest BCUT2D eigenvalue weighted by molar-refractivity contribution is -0.118. The summed E-state index contributed by atoms with van der Waals surface area (Å²) in [4.78, 5) is 12.7. The Kier molecular flexibility index (Phi) is 3.75. The van der Waals surface area contributed by atoms with Gasteiger partial charge in [-0.1, -0.05) is 17.7 Å². The molecule has 21 heavy (non-hydrogen) atoms. The molecule has 1 aliphatic rings. The lowest BCUT2D eigenvalue weighted by atomic mass is 10.1. The molecule has 0 N–H and O–H groups in total. The van der Waals surface area contributed by atoms with Crippen molar-refractivity contribution in [2.45, 2.75) is 29.2 Å². The standard InChI is InChI=1S/C16H14O4S/c1-11-2-4-13(5-3-11)21(18)15-7-9-20-16(15)14-10-12(17)6-8-19-14/h2-9,14H,10H2,1H3/t14-,21?/m1/s1. The second-order valence-electron chi connectivity index (χ2n) is 4.83. The number of rotatable bonds is 3. The molecule has 2 heterocycles. The fourth-order valence-corrected chi connectivity index (χ4v) is 3.33. The molecule has 0 aliphatic carbocycles. The van der Waals surface area contributed by atoms with E-state index >= 15 is 0 Å². The molecule has 4 nitrogen and oxygen atoms in total. The van der Waals surface area contributed by atoms with E-state index in [0.29, 0.717) is 15.6 Å². The number of hydrogen-bond acceptors (Lipinski definition) is 4. The Bertz CT molecular complexity index is 712. The van der Waals surface area contributed by atoms with Gasteiger partial charge in [-0.25, -0.2) is 4.21 Å². The quantitative estimate of drug-likeness (QED) is 0.873. The van der Waals surface area contributed by atoms with Crippen LogP contribution in [0.15, 0.2) is 63.1 Å². The molecule has 1 unspecified atom stereocenters. The Labute approximate surface area is 124 Å².